The highest BCUT2D eigenvalue weighted by molar-refractivity contribution is 7.53. The first kappa shape index (κ1) is 38.6. The van der Waals surface area contributed by atoms with Crippen LogP contribution < -0.4 is 10.6 Å². The number of carbonyl (C=O) groups is 4. The van der Waals surface area contributed by atoms with Crippen molar-refractivity contribution in [2.75, 3.05) is 26.4 Å². The van der Waals surface area contributed by atoms with Crippen LogP contribution in [0.4, 0.5) is 0 Å². The summed E-state index contributed by atoms with van der Waals surface area (Å²) < 4.78 is 28.9. The smallest absolute Gasteiger partial charge is 0.352 e. The quantitative estimate of drug-likeness (QED) is 0.123. The Kier molecular flexibility index (Phi) is 13.7. The van der Waals surface area contributed by atoms with Gasteiger partial charge in [0.05, 0.1) is 29.9 Å². The van der Waals surface area contributed by atoms with E-state index in [9.17, 15) is 33.5 Å². The Bertz CT molecular complexity index is 1350. The zero-order chi connectivity index (χ0) is 34.8. The average Bonchev–Trinajstić information content (AvgIpc) is 2.97. The molecule has 2 aromatic rings. The van der Waals surface area contributed by atoms with Crippen molar-refractivity contribution < 1.29 is 47.7 Å². The predicted molar refractivity (Wildman–Crippen MR) is 172 cm³/mol. The van der Waals surface area contributed by atoms with Crippen LogP contribution in [0.5, 0.6) is 0 Å². The number of hydrogen-bond acceptors (Lipinski definition) is 9. The van der Waals surface area contributed by atoms with E-state index in [2.05, 4.69) is 10.6 Å². The largest absolute Gasteiger partial charge is 0.466 e. The molecule has 2 rings (SSSR count). The molecule has 0 fully saturated rings. The van der Waals surface area contributed by atoms with E-state index in [0.717, 1.165) is 11.1 Å². The number of amides is 1. The predicted octanol–water partition coefficient (Wildman–Crippen LogP) is 3.98. The molecule has 1 unspecified atom stereocenters. The van der Waals surface area contributed by atoms with Gasteiger partial charge in [0.15, 0.2) is 5.28 Å². The zero-order valence-corrected chi connectivity index (χ0v) is 28.5. The molecule has 0 aliphatic heterocycles. The molecule has 0 spiro atoms. The molecule has 46 heavy (non-hydrogen) atoms. The first-order valence-corrected chi connectivity index (χ1v) is 16.7. The van der Waals surface area contributed by atoms with Crippen molar-refractivity contribution in [2.45, 2.75) is 72.6 Å². The van der Waals surface area contributed by atoms with Crippen LogP contribution in [-0.2, 0) is 44.4 Å². The Morgan fingerprint density at radius 3 is 1.74 bits per heavy atom. The van der Waals surface area contributed by atoms with Crippen molar-refractivity contribution >= 4 is 31.4 Å². The van der Waals surface area contributed by atoms with Gasteiger partial charge in [-0.3, -0.25) is 29.1 Å². The third kappa shape index (κ3) is 11.7. The molecule has 0 radical (unpaired) electrons. The Hall–Kier alpha value is -3.57. The fraction of sp³-hybridized carbons (Fsp3) is 0.515. The van der Waals surface area contributed by atoms with Gasteiger partial charge in [-0.1, -0.05) is 54.6 Å². The summed E-state index contributed by atoms with van der Waals surface area (Å²) in [6.45, 7) is 9.31. The second-order valence-electron chi connectivity index (χ2n) is 13.0. The molecular weight excluding hydrogens is 615 g/mol. The minimum Gasteiger partial charge on any atom is -0.466 e. The van der Waals surface area contributed by atoms with Crippen LogP contribution in [0.3, 0.4) is 0 Å². The van der Waals surface area contributed by atoms with Gasteiger partial charge >= 0.3 is 25.5 Å². The molecule has 0 saturated heterocycles. The summed E-state index contributed by atoms with van der Waals surface area (Å²) in [6, 6.07) is 15.5. The first-order chi connectivity index (χ1) is 21.3. The molecule has 0 aliphatic rings. The normalized spacial score (nSPS) is 13.0. The number of ether oxygens (including phenoxy) is 3. The lowest BCUT2D eigenvalue weighted by Crippen LogP contribution is -2.61. The van der Waals surface area contributed by atoms with Gasteiger partial charge in [0.25, 0.3) is 0 Å². The van der Waals surface area contributed by atoms with Crippen molar-refractivity contribution in [3.8, 4) is 11.1 Å². The van der Waals surface area contributed by atoms with Crippen LogP contribution in [0.25, 0.3) is 11.1 Å². The second kappa shape index (κ2) is 16.3. The van der Waals surface area contributed by atoms with Crippen LogP contribution >= 0.6 is 7.60 Å². The number of hydrogen-bond donors (Lipinski definition) is 4. The van der Waals surface area contributed by atoms with Gasteiger partial charge in [0.2, 0.25) is 5.91 Å². The Balaban J connectivity index is 2.51. The van der Waals surface area contributed by atoms with Crippen molar-refractivity contribution in [2.24, 2.45) is 10.8 Å². The number of esters is 3. The first-order valence-electron chi connectivity index (χ1n) is 15.0. The molecule has 0 bridgehead atoms. The molecule has 1 amide bonds. The molecule has 0 aliphatic carbocycles. The summed E-state index contributed by atoms with van der Waals surface area (Å²) in [5.41, 5.74) is 0.485. The highest BCUT2D eigenvalue weighted by Crippen LogP contribution is 2.50. The minimum absolute atomic E-state index is 0.0670. The van der Waals surface area contributed by atoms with Gasteiger partial charge in [-0.05, 0) is 71.6 Å². The van der Waals surface area contributed by atoms with Crippen LogP contribution in [0.15, 0.2) is 54.6 Å². The van der Waals surface area contributed by atoms with E-state index in [1.807, 2.05) is 42.5 Å². The highest BCUT2D eigenvalue weighted by Gasteiger charge is 2.52. The summed E-state index contributed by atoms with van der Waals surface area (Å²) in [5, 5.41) is 2.85. The molecule has 13 heteroatoms. The summed E-state index contributed by atoms with van der Waals surface area (Å²) >= 11 is 0. The SMILES string of the molecule is CCOC(=O)CCNC(=O)C(Cc1ccc(-c2ccccc2)cc1)NC(COC(=O)C(C)(C)C)(COC(=O)C(C)(C)C)P(=O)(O)O. The molecule has 0 aromatic heterocycles. The van der Waals surface area contributed by atoms with Crippen LogP contribution in [0, 0.1) is 10.8 Å². The van der Waals surface area contributed by atoms with Crippen molar-refractivity contribution in [3.63, 3.8) is 0 Å². The van der Waals surface area contributed by atoms with E-state index in [4.69, 9.17) is 14.2 Å². The van der Waals surface area contributed by atoms with E-state index >= 15 is 0 Å². The molecule has 2 aromatic carbocycles. The standard InChI is InChI=1S/C33H47N2O10P/c1-8-43-27(36)18-19-34-28(37)26(20-23-14-16-25(17-15-23)24-12-10-9-11-13-24)35-33(46(40,41)42,21-44-29(38)31(2,3)4)22-45-30(39)32(5,6)7/h9-17,26,35H,8,18-22H2,1-7H3,(H,34,37)(H2,40,41,42). The van der Waals surface area contributed by atoms with Gasteiger partial charge in [-0.15, -0.1) is 0 Å². The van der Waals surface area contributed by atoms with Crippen molar-refractivity contribution in [1.82, 2.24) is 10.6 Å². The van der Waals surface area contributed by atoms with Crippen LogP contribution in [-0.4, -0.2) is 71.3 Å². The average molecular weight is 663 g/mol. The summed E-state index contributed by atoms with van der Waals surface area (Å²) in [5.74, 6) is -2.75. The zero-order valence-electron chi connectivity index (χ0n) is 27.6. The van der Waals surface area contributed by atoms with Gasteiger partial charge in [-0.2, -0.15) is 0 Å². The molecule has 0 saturated carbocycles. The Morgan fingerprint density at radius 1 is 0.783 bits per heavy atom. The lowest BCUT2D eigenvalue weighted by molar-refractivity contribution is -0.159. The van der Waals surface area contributed by atoms with E-state index in [1.54, 1.807) is 60.6 Å². The Morgan fingerprint density at radius 2 is 1.28 bits per heavy atom. The monoisotopic (exact) mass is 662 g/mol. The molecular formula is C33H47N2O10P. The lowest BCUT2D eigenvalue weighted by atomic mass is 9.97. The molecule has 0 heterocycles. The lowest BCUT2D eigenvalue weighted by Gasteiger charge is -2.38. The van der Waals surface area contributed by atoms with Crippen LogP contribution in [0.1, 0.15) is 60.5 Å². The van der Waals surface area contributed by atoms with E-state index in [-0.39, 0.29) is 26.0 Å². The van der Waals surface area contributed by atoms with Crippen molar-refractivity contribution in [3.05, 3.63) is 60.2 Å². The fourth-order valence-corrected chi connectivity index (χ4v) is 4.85. The number of nitrogens with one attached hydrogen (secondary N) is 2. The highest BCUT2D eigenvalue weighted by atomic mass is 31.2. The second-order valence-corrected chi connectivity index (χ2v) is 15.0. The number of carbonyl (C=O) groups excluding carboxylic acids is 4. The van der Waals surface area contributed by atoms with E-state index in [1.165, 1.54) is 0 Å². The molecule has 1 atom stereocenters. The van der Waals surface area contributed by atoms with E-state index in [0.29, 0.717) is 5.56 Å². The Labute approximate surface area is 270 Å². The topological polar surface area (TPSA) is 178 Å². The number of rotatable bonds is 15. The minimum atomic E-state index is -5.34. The maximum absolute atomic E-state index is 13.6. The molecule has 12 nitrogen and oxygen atoms in total. The number of benzene rings is 2. The summed E-state index contributed by atoms with van der Waals surface area (Å²) in [4.78, 5) is 72.3. The maximum Gasteiger partial charge on any atom is 0.352 e. The maximum atomic E-state index is 13.6. The van der Waals surface area contributed by atoms with E-state index < -0.39 is 66.8 Å². The third-order valence-corrected chi connectivity index (χ3v) is 8.36. The van der Waals surface area contributed by atoms with Gasteiger partial charge < -0.3 is 29.3 Å². The van der Waals surface area contributed by atoms with Gasteiger partial charge in [0.1, 0.15) is 13.2 Å². The third-order valence-electron chi connectivity index (χ3n) is 6.86. The van der Waals surface area contributed by atoms with Crippen LogP contribution in [0.2, 0.25) is 0 Å². The molecule has 4 N–H and O–H groups in total. The molecule has 254 valence electrons. The van der Waals surface area contributed by atoms with Crippen molar-refractivity contribution in [1.29, 1.82) is 0 Å². The van der Waals surface area contributed by atoms with Gasteiger partial charge in [0, 0.05) is 6.54 Å². The van der Waals surface area contributed by atoms with Gasteiger partial charge in [-0.25, -0.2) is 0 Å². The summed E-state index contributed by atoms with van der Waals surface area (Å²) in [6.07, 6.45) is -0.198. The summed E-state index contributed by atoms with van der Waals surface area (Å²) in [7, 11) is -5.34. The fourth-order valence-electron chi connectivity index (χ4n) is 4.06.